The minimum atomic E-state index is -0.949. The smallest absolute Gasteiger partial charge is 0.335 e. The molecule has 0 atom stereocenters. The first-order valence-electron chi connectivity index (χ1n) is 5.66. The number of aryl methyl sites for hydroxylation is 1. The van der Waals surface area contributed by atoms with E-state index in [1.54, 1.807) is 35.0 Å². The summed E-state index contributed by atoms with van der Waals surface area (Å²) in [7, 11) is 0. The van der Waals surface area contributed by atoms with Crippen molar-refractivity contribution in [2.45, 2.75) is 6.92 Å². The van der Waals surface area contributed by atoms with Crippen LogP contribution in [0.2, 0.25) is 0 Å². The van der Waals surface area contributed by atoms with E-state index in [0.717, 1.165) is 11.3 Å². The van der Waals surface area contributed by atoms with Crippen LogP contribution in [0.4, 0.5) is 0 Å². The fourth-order valence-corrected chi connectivity index (χ4v) is 1.85. The van der Waals surface area contributed by atoms with Crippen LogP contribution in [0.15, 0.2) is 36.7 Å². The van der Waals surface area contributed by atoms with Crippen LogP contribution in [-0.2, 0) is 0 Å². The topological polar surface area (TPSA) is 80.4 Å². The maximum absolute atomic E-state index is 10.8. The Balaban J connectivity index is 2.11. The molecule has 0 spiro atoms. The zero-order valence-electron chi connectivity index (χ0n) is 10.1. The molecule has 0 aliphatic carbocycles. The Morgan fingerprint density at radius 1 is 1.21 bits per heavy atom. The van der Waals surface area contributed by atoms with Crippen LogP contribution in [0.25, 0.3) is 17.0 Å². The van der Waals surface area contributed by atoms with Crippen LogP contribution in [0.3, 0.4) is 0 Å². The second kappa shape index (κ2) is 4.16. The second-order valence-electron chi connectivity index (χ2n) is 4.16. The van der Waals surface area contributed by atoms with Crippen LogP contribution in [0.1, 0.15) is 16.1 Å². The zero-order valence-corrected chi connectivity index (χ0v) is 10.1. The first-order chi connectivity index (χ1) is 9.15. The Morgan fingerprint density at radius 2 is 1.95 bits per heavy atom. The summed E-state index contributed by atoms with van der Waals surface area (Å²) < 4.78 is 1.77. The van der Waals surface area contributed by atoms with Crippen molar-refractivity contribution < 1.29 is 9.90 Å². The van der Waals surface area contributed by atoms with Gasteiger partial charge in [-0.2, -0.15) is 0 Å². The van der Waals surface area contributed by atoms with Gasteiger partial charge in [-0.3, -0.25) is 4.40 Å². The van der Waals surface area contributed by atoms with Gasteiger partial charge in [-0.1, -0.05) is 12.1 Å². The Morgan fingerprint density at radius 3 is 2.63 bits per heavy atom. The lowest BCUT2D eigenvalue weighted by molar-refractivity contribution is 0.0697. The van der Waals surface area contributed by atoms with E-state index in [1.807, 2.05) is 13.0 Å². The van der Waals surface area contributed by atoms with Gasteiger partial charge in [-0.05, 0) is 19.1 Å². The molecule has 1 aromatic carbocycles. The van der Waals surface area contributed by atoms with Gasteiger partial charge in [0.15, 0.2) is 11.5 Å². The van der Waals surface area contributed by atoms with Crippen molar-refractivity contribution in [1.82, 2.24) is 19.6 Å². The van der Waals surface area contributed by atoms with Crippen LogP contribution in [0.5, 0.6) is 0 Å². The van der Waals surface area contributed by atoms with Crippen LogP contribution < -0.4 is 0 Å². The highest BCUT2D eigenvalue weighted by Gasteiger charge is 2.09. The van der Waals surface area contributed by atoms with Gasteiger partial charge in [-0.25, -0.2) is 9.78 Å². The van der Waals surface area contributed by atoms with E-state index in [1.165, 1.54) is 0 Å². The lowest BCUT2D eigenvalue weighted by Crippen LogP contribution is -1.96. The number of aromatic nitrogens is 4. The molecule has 1 N–H and O–H groups in total. The molecule has 2 aromatic heterocycles. The number of fused-ring (bicyclic) bond motifs is 1. The molecule has 0 fully saturated rings. The molecule has 2 heterocycles. The number of hydrogen-bond acceptors (Lipinski definition) is 4. The lowest BCUT2D eigenvalue weighted by atomic mass is 10.1. The summed E-state index contributed by atoms with van der Waals surface area (Å²) in [5, 5.41) is 17.0. The number of aromatic carboxylic acids is 1. The Kier molecular flexibility index (Phi) is 2.49. The first kappa shape index (κ1) is 11.3. The number of hydrogen-bond donors (Lipinski definition) is 1. The van der Waals surface area contributed by atoms with E-state index in [-0.39, 0.29) is 5.56 Å². The minimum absolute atomic E-state index is 0.242. The fourth-order valence-electron chi connectivity index (χ4n) is 1.85. The van der Waals surface area contributed by atoms with Gasteiger partial charge in [-0.15, -0.1) is 10.2 Å². The van der Waals surface area contributed by atoms with E-state index in [0.29, 0.717) is 11.5 Å². The fraction of sp³-hybridized carbons (Fsp3) is 0.0769. The van der Waals surface area contributed by atoms with Crippen molar-refractivity contribution in [2.24, 2.45) is 0 Å². The molecule has 0 amide bonds. The SMILES string of the molecule is Cc1cc2nnc(-c3ccc(C(=O)O)cc3)n2cn1. The summed E-state index contributed by atoms with van der Waals surface area (Å²) in [6.45, 7) is 1.88. The Bertz CT molecular complexity index is 762. The normalized spacial score (nSPS) is 10.8. The standard InChI is InChI=1S/C13H10N4O2/c1-8-6-11-15-16-12(17(11)7-14-8)9-2-4-10(5-3-9)13(18)19/h2-7H,1H3,(H,18,19). The number of carboxylic acid groups (broad SMARTS) is 1. The summed E-state index contributed by atoms with van der Waals surface area (Å²) in [4.78, 5) is 15.0. The van der Waals surface area contributed by atoms with Gasteiger partial charge in [0.05, 0.1) is 5.56 Å². The average molecular weight is 254 g/mol. The van der Waals surface area contributed by atoms with Gasteiger partial charge in [0.1, 0.15) is 6.33 Å². The molecule has 3 rings (SSSR count). The molecule has 0 radical (unpaired) electrons. The van der Waals surface area contributed by atoms with Crippen LogP contribution in [-0.4, -0.2) is 30.7 Å². The number of rotatable bonds is 2. The highest BCUT2D eigenvalue weighted by molar-refractivity contribution is 5.88. The largest absolute Gasteiger partial charge is 0.478 e. The van der Waals surface area contributed by atoms with E-state index < -0.39 is 5.97 Å². The summed E-state index contributed by atoms with van der Waals surface area (Å²) in [5.41, 5.74) is 2.62. The molecule has 3 aromatic rings. The van der Waals surface area contributed by atoms with E-state index in [9.17, 15) is 4.79 Å². The number of nitrogens with zero attached hydrogens (tertiary/aromatic N) is 4. The summed E-state index contributed by atoms with van der Waals surface area (Å²) in [6, 6.07) is 8.34. The number of carbonyl (C=O) groups is 1. The maximum Gasteiger partial charge on any atom is 0.335 e. The third kappa shape index (κ3) is 1.93. The third-order valence-corrected chi connectivity index (χ3v) is 2.83. The number of carboxylic acids is 1. The van der Waals surface area contributed by atoms with E-state index >= 15 is 0 Å². The predicted molar refractivity (Wildman–Crippen MR) is 67.9 cm³/mol. The van der Waals surface area contributed by atoms with Crippen molar-refractivity contribution >= 4 is 11.6 Å². The van der Waals surface area contributed by atoms with Crippen molar-refractivity contribution in [1.29, 1.82) is 0 Å². The van der Waals surface area contributed by atoms with Gasteiger partial charge >= 0.3 is 5.97 Å². The molecule has 0 saturated heterocycles. The molecule has 0 saturated carbocycles. The molecular weight excluding hydrogens is 244 g/mol. The molecular formula is C13H10N4O2. The monoisotopic (exact) mass is 254 g/mol. The predicted octanol–water partition coefficient (Wildman–Crippen LogP) is 1.80. The first-order valence-corrected chi connectivity index (χ1v) is 5.66. The van der Waals surface area contributed by atoms with Crippen molar-refractivity contribution in [3.63, 3.8) is 0 Å². The minimum Gasteiger partial charge on any atom is -0.478 e. The highest BCUT2D eigenvalue weighted by Crippen LogP contribution is 2.18. The second-order valence-corrected chi connectivity index (χ2v) is 4.16. The van der Waals surface area contributed by atoms with Gasteiger partial charge < -0.3 is 5.11 Å². The third-order valence-electron chi connectivity index (χ3n) is 2.83. The van der Waals surface area contributed by atoms with Gasteiger partial charge in [0, 0.05) is 17.3 Å². The molecule has 0 aliphatic heterocycles. The van der Waals surface area contributed by atoms with Gasteiger partial charge in [0.25, 0.3) is 0 Å². The lowest BCUT2D eigenvalue weighted by Gasteiger charge is -2.01. The molecule has 94 valence electrons. The van der Waals surface area contributed by atoms with E-state index in [4.69, 9.17) is 5.11 Å². The maximum atomic E-state index is 10.8. The molecule has 0 unspecified atom stereocenters. The molecule has 0 bridgehead atoms. The van der Waals surface area contributed by atoms with Crippen molar-refractivity contribution in [2.75, 3.05) is 0 Å². The molecule has 6 heteroatoms. The quantitative estimate of drug-likeness (QED) is 0.754. The Labute approximate surface area is 108 Å². The summed E-state index contributed by atoms with van der Waals surface area (Å²) in [5.74, 6) is -0.311. The summed E-state index contributed by atoms with van der Waals surface area (Å²) >= 11 is 0. The van der Waals surface area contributed by atoms with Crippen molar-refractivity contribution in [3.8, 4) is 11.4 Å². The van der Waals surface area contributed by atoms with Crippen LogP contribution >= 0.6 is 0 Å². The molecule has 6 nitrogen and oxygen atoms in total. The number of benzene rings is 1. The summed E-state index contributed by atoms with van der Waals surface area (Å²) in [6.07, 6.45) is 1.66. The van der Waals surface area contributed by atoms with E-state index in [2.05, 4.69) is 15.2 Å². The Hall–Kier alpha value is -2.76. The average Bonchev–Trinajstić information content (AvgIpc) is 2.81. The molecule has 19 heavy (non-hydrogen) atoms. The van der Waals surface area contributed by atoms with Gasteiger partial charge in [0.2, 0.25) is 0 Å². The zero-order chi connectivity index (χ0) is 13.4. The van der Waals surface area contributed by atoms with Crippen molar-refractivity contribution in [3.05, 3.63) is 47.9 Å². The molecule has 0 aliphatic rings. The highest BCUT2D eigenvalue weighted by atomic mass is 16.4. The van der Waals surface area contributed by atoms with Crippen LogP contribution in [0, 0.1) is 6.92 Å².